The van der Waals surface area contributed by atoms with E-state index in [9.17, 15) is 42.4 Å². The first kappa shape index (κ1) is 61.1. The van der Waals surface area contributed by atoms with E-state index in [0.29, 0.717) is 43.6 Å². The Morgan fingerprint density at radius 2 is 1.64 bits per heavy atom. The molecule has 4 heterocycles. The van der Waals surface area contributed by atoms with Crippen LogP contribution in [0.5, 0.6) is 0 Å². The van der Waals surface area contributed by atoms with E-state index in [2.05, 4.69) is 15.2 Å². The summed E-state index contributed by atoms with van der Waals surface area (Å²) in [6.07, 6.45) is -3.10. The van der Waals surface area contributed by atoms with Crippen LogP contribution in [-0.4, -0.2) is 192 Å². The number of esters is 1. The molecule has 0 saturated carbocycles. The van der Waals surface area contributed by atoms with Crippen LogP contribution < -0.4 is 0 Å². The average Bonchev–Trinajstić information content (AvgIpc) is 3.80. The van der Waals surface area contributed by atoms with Crippen molar-refractivity contribution in [1.82, 2.24) is 24.8 Å². The van der Waals surface area contributed by atoms with Crippen molar-refractivity contribution in [2.45, 2.75) is 203 Å². The minimum atomic E-state index is -3.50. The molecule has 21 heteroatoms. The van der Waals surface area contributed by atoms with Gasteiger partial charge in [0.1, 0.15) is 42.7 Å². The second-order valence-electron chi connectivity index (χ2n) is 22.4. The van der Waals surface area contributed by atoms with E-state index in [1.165, 1.54) is 43.0 Å². The highest BCUT2D eigenvalue weighted by Crippen LogP contribution is 2.45. The molecule has 3 aliphatic heterocycles. The van der Waals surface area contributed by atoms with Gasteiger partial charge in [-0.15, -0.1) is 5.10 Å². The highest BCUT2D eigenvalue weighted by atomic mass is 32.2. The number of cyclic esters (lactones) is 1. The normalized spacial score (nSPS) is 38.8. The maximum Gasteiger partial charge on any atom is 0.309 e. The minimum Gasteiger partial charge on any atom is -0.459 e. The second-order valence-corrected chi connectivity index (χ2v) is 24.4. The first-order valence-corrected chi connectivity index (χ1v) is 27.8. The quantitative estimate of drug-likeness (QED) is 0.162. The number of ether oxygens (including phenoxy) is 6. The Bertz CT molecular complexity index is 2170. The van der Waals surface area contributed by atoms with Gasteiger partial charge in [0.2, 0.25) is 0 Å². The van der Waals surface area contributed by atoms with Gasteiger partial charge in [-0.1, -0.05) is 45.0 Å². The van der Waals surface area contributed by atoms with Crippen molar-refractivity contribution < 1.29 is 70.8 Å². The molecule has 3 saturated heterocycles. The van der Waals surface area contributed by atoms with Crippen LogP contribution in [0, 0.1) is 23.7 Å². The summed E-state index contributed by atoms with van der Waals surface area (Å²) in [5.74, 6) is -3.02. The lowest BCUT2D eigenvalue weighted by molar-refractivity contribution is -0.275. The number of benzene rings is 1. The van der Waals surface area contributed by atoms with Crippen LogP contribution in [0.25, 0.3) is 0 Å². The van der Waals surface area contributed by atoms with Gasteiger partial charge in [-0.05, 0) is 104 Å². The van der Waals surface area contributed by atoms with Crippen molar-refractivity contribution in [3.63, 3.8) is 0 Å². The zero-order valence-corrected chi connectivity index (χ0v) is 46.4. The summed E-state index contributed by atoms with van der Waals surface area (Å²) in [7, 11) is 1.86. The number of alkyl halides is 2. The predicted molar refractivity (Wildman–Crippen MR) is 268 cm³/mol. The summed E-state index contributed by atoms with van der Waals surface area (Å²) in [6, 6.07) is 3.94. The topological polar surface area (TPSA) is 225 Å². The molecule has 4 N–H and O–H groups in total. The van der Waals surface area contributed by atoms with Gasteiger partial charge in [-0.25, -0.2) is 21.9 Å². The summed E-state index contributed by atoms with van der Waals surface area (Å²) >= 11 is 0. The van der Waals surface area contributed by atoms with Crippen LogP contribution in [-0.2, 0) is 49.5 Å². The third-order valence-electron chi connectivity index (χ3n) is 16.4. The fraction of sp³-hybridized carbons (Fsp3) is 0.827. The number of hydrogen-bond acceptors (Lipinski definition) is 17. The van der Waals surface area contributed by atoms with Gasteiger partial charge in [0.15, 0.2) is 23.0 Å². The van der Waals surface area contributed by atoms with Crippen molar-refractivity contribution in [3.05, 3.63) is 41.7 Å². The van der Waals surface area contributed by atoms with Crippen molar-refractivity contribution >= 4 is 15.8 Å². The lowest BCUT2D eigenvalue weighted by Gasteiger charge is -2.51. The van der Waals surface area contributed by atoms with E-state index in [1.54, 1.807) is 33.9 Å². The zero-order chi connectivity index (χ0) is 54.5. The SMILES string of the molecule is CC[C@H]1OC(=O)[C@H](C)[C@@H](C2C[C@@](C)(OC)[C@@H](O)[C@H](C)O2)[C@H](C)[C@@H](O[C@H]2C[C@@H](N(C)CCc3cn([C@H](CF)[C@H](OCF)c4ccc(S(C)(=O)=O)cc4)nn3)C[C@@H](C)O2)C(C)(O)C[C@@H](C)CN(C)[C@H](C)[C@@H](O)[C@]1(C)O. The Morgan fingerprint density at radius 3 is 2.23 bits per heavy atom. The number of likely N-dealkylation sites (N-methyl/N-ethyl adjacent to an activating group) is 2. The number of aliphatic hydroxyl groups excluding tert-OH is 2. The molecule has 1 aromatic carbocycles. The van der Waals surface area contributed by atoms with E-state index in [0.717, 1.165) is 6.26 Å². The van der Waals surface area contributed by atoms with Crippen LogP contribution in [0.4, 0.5) is 8.78 Å². The standard InChI is InChI=1S/C52H87F2N5O13S/c1-15-42-52(10,64)46(60)34(6)58(12)27-30(2)24-50(8,63)48(32(4)44(33(5)49(62)71-42)41-25-51(9,67-13)47(61)35(7)70-41)72-43-23-38(22-31(3)69-43)57(11)21-20-37-28-59(56-55-37)40(26-53)45(68-29-54)36-16-18-39(19-17-36)73(14,65)66/h16-19,28,30-35,38,40-48,60-61,63-64H,15,20-27,29H2,1-14H3/t30-,31-,32+,33-,34-,35+,38+,40-,41?,42-,43+,44+,45-,46-,47+,48-,50?,51-,52-/m1/s1. The van der Waals surface area contributed by atoms with Gasteiger partial charge in [-0.2, -0.15) is 0 Å². The summed E-state index contributed by atoms with van der Waals surface area (Å²) in [6.45, 7) is 16.8. The first-order chi connectivity index (χ1) is 34.0. The van der Waals surface area contributed by atoms with Crippen LogP contribution in [0.1, 0.15) is 125 Å². The Morgan fingerprint density at radius 1 is 0.986 bits per heavy atom. The molecule has 5 rings (SSSR count). The molecule has 0 aliphatic carbocycles. The Labute approximate surface area is 432 Å². The van der Waals surface area contributed by atoms with Crippen LogP contribution in [0.2, 0.25) is 0 Å². The highest BCUT2D eigenvalue weighted by Gasteiger charge is 2.54. The number of carbonyl (C=O) groups is 1. The monoisotopic (exact) mass is 1060 g/mol. The highest BCUT2D eigenvalue weighted by molar-refractivity contribution is 7.90. The average molecular weight is 1060 g/mol. The van der Waals surface area contributed by atoms with Gasteiger partial charge >= 0.3 is 5.97 Å². The number of hydrogen-bond donors (Lipinski definition) is 4. The lowest BCUT2D eigenvalue weighted by Crippen LogP contribution is -2.61. The number of nitrogens with zero attached hydrogens (tertiary/aromatic N) is 5. The van der Waals surface area contributed by atoms with Crippen LogP contribution in [0.3, 0.4) is 0 Å². The molecular weight excluding hydrogens is 973 g/mol. The first-order valence-electron chi connectivity index (χ1n) is 25.9. The summed E-state index contributed by atoms with van der Waals surface area (Å²) < 4.78 is 91.6. The van der Waals surface area contributed by atoms with Crippen molar-refractivity contribution in [2.75, 3.05) is 54.1 Å². The maximum absolute atomic E-state index is 14.8. The van der Waals surface area contributed by atoms with Gasteiger partial charge in [0.25, 0.3) is 0 Å². The molecule has 3 fully saturated rings. The molecule has 0 radical (unpaired) electrons. The predicted octanol–water partition coefficient (Wildman–Crippen LogP) is 5.01. The van der Waals surface area contributed by atoms with Gasteiger partial charge in [0, 0.05) is 69.9 Å². The number of sulfone groups is 1. The molecule has 3 aliphatic rings. The van der Waals surface area contributed by atoms with E-state index in [4.69, 9.17) is 28.4 Å². The largest absolute Gasteiger partial charge is 0.459 e. The van der Waals surface area contributed by atoms with Crippen molar-refractivity contribution in [1.29, 1.82) is 0 Å². The fourth-order valence-electron chi connectivity index (χ4n) is 11.9. The Balaban J connectivity index is 1.43. The molecule has 19 atom stereocenters. The van der Waals surface area contributed by atoms with Crippen molar-refractivity contribution in [2.24, 2.45) is 23.7 Å². The van der Waals surface area contributed by atoms with Crippen molar-refractivity contribution in [3.8, 4) is 0 Å². The van der Waals surface area contributed by atoms with Gasteiger partial charge < -0.3 is 58.6 Å². The number of halogens is 2. The Kier molecular flexibility index (Phi) is 21.0. The van der Waals surface area contributed by atoms with E-state index < -0.39 is 125 Å². The number of rotatable bonds is 16. The second kappa shape index (κ2) is 25.1. The maximum atomic E-state index is 14.8. The van der Waals surface area contributed by atoms with Gasteiger partial charge in [0.05, 0.1) is 52.1 Å². The zero-order valence-electron chi connectivity index (χ0n) is 45.6. The summed E-state index contributed by atoms with van der Waals surface area (Å²) in [5.41, 5.74) is -3.48. The molecule has 2 aromatic rings. The smallest absolute Gasteiger partial charge is 0.309 e. The summed E-state index contributed by atoms with van der Waals surface area (Å²) in [4.78, 5) is 18.8. The third-order valence-corrected chi connectivity index (χ3v) is 17.5. The third kappa shape index (κ3) is 14.4. The summed E-state index contributed by atoms with van der Waals surface area (Å²) in [5, 5.41) is 56.3. The van der Waals surface area contributed by atoms with Gasteiger partial charge in [-0.3, -0.25) is 4.79 Å². The number of carbonyl (C=O) groups excluding carboxylic acids is 1. The molecule has 73 heavy (non-hydrogen) atoms. The molecular formula is C52H87F2N5O13S. The van der Waals surface area contributed by atoms with E-state index in [-0.39, 0.29) is 42.2 Å². The molecule has 0 amide bonds. The molecule has 18 nitrogen and oxygen atoms in total. The number of aromatic nitrogens is 3. The van der Waals surface area contributed by atoms with E-state index >= 15 is 0 Å². The number of methoxy groups -OCH3 is 1. The minimum absolute atomic E-state index is 0.0614. The molecule has 1 aromatic heterocycles. The molecule has 2 unspecified atom stereocenters. The van der Waals surface area contributed by atoms with Crippen LogP contribution >= 0.6 is 0 Å². The molecule has 418 valence electrons. The molecule has 0 bridgehead atoms. The lowest BCUT2D eigenvalue weighted by atomic mass is 9.68. The molecule has 0 spiro atoms. The number of aliphatic hydroxyl groups is 4. The van der Waals surface area contributed by atoms with E-state index in [1.807, 2.05) is 53.6 Å². The van der Waals surface area contributed by atoms with Crippen LogP contribution in [0.15, 0.2) is 35.4 Å². The fourth-order valence-corrected chi connectivity index (χ4v) is 12.6. The Hall–Kier alpha value is -2.80.